The van der Waals surface area contributed by atoms with Gasteiger partial charge in [-0.2, -0.15) is 0 Å². The highest BCUT2D eigenvalue weighted by molar-refractivity contribution is 6.06. The second-order valence-corrected chi connectivity index (χ2v) is 10.9. The predicted octanol–water partition coefficient (Wildman–Crippen LogP) is 4.05. The molecular weight excluding hydrogens is 444 g/mol. The number of likely N-dealkylation sites (tertiary alicyclic amines) is 1. The van der Waals surface area contributed by atoms with E-state index in [0.717, 1.165) is 6.42 Å². The van der Waals surface area contributed by atoms with Crippen LogP contribution >= 0.6 is 0 Å². The predicted molar refractivity (Wildman–Crippen MR) is 130 cm³/mol. The van der Waals surface area contributed by atoms with E-state index in [1.165, 1.54) is 11.3 Å². The van der Waals surface area contributed by atoms with Crippen LogP contribution in [0.15, 0.2) is 36.4 Å². The van der Waals surface area contributed by atoms with E-state index in [1.54, 1.807) is 24.3 Å². The summed E-state index contributed by atoms with van der Waals surface area (Å²) in [6.07, 6.45) is 8.10. The Bertz CT molecular complexity index is 1010. The highest BCUT2D eigenvalue weighted by atomic mass is 16.5. The Labute approximate surface area is 206 Å². The summed E-state index contributed by atoms with van der Waals surface area (Å²) in [5.41, 5.74) is 1.09. The summed E-state index contributed by atoms with van der Waals surface area (Å²) >= 11 is 0. The molecule has 1 heterocycles. The van der Waals surface area contributed by atoms with Crippen molar-refractivity contribution in [3.05, 3.63) is 42.0 Å². The van der Waals surface area contributed by atoms with Crippen LogP contribution in [0.3, 0.4) is 0 Å². The summed E-state index contributed by atoms with van der Waals surface area (Å²) in [7, 11) is 0. The fourth-order valence-corrected chi connectivity index (χ4v) is 6.21. The SMILES string of the molecule is CC(C)COC(=O)c1ccc(NC(=O)CCCCCN2C(=O)C3C4C=CC(C5CC45)C3C2=O)cc1. The van der Waals surface area contributed by atoms with Gasteiger partial charge in [-0.05, 0) is 73.1 Å². The largest absolute Gasteiger partial charge is 0.462 e. The van der Waals surface area contributed by atoms with Gasteiger partial charge in [0.05, 0.1) is 24.0 Å². The molecule has 3 fully saturated rings. The number of esters is 1. The molecule has 1 N–H and O–H groups in total. The number of hydrogen-bond donors (Lipinski definition) is 1. The minimum Gasteiger partial charge on any atom is -0.462 e. The molecule has 3 amide bonds. The lowest BCUT2D eigenvalue weighted by Gasteiger charge is -2.37. The van der Waals surface area contributed by atoms with Crippen LogP contribution in [-0.2, 0) is 19.1 Å². The van der Waals surface area contributed by atoms with Gasteiger partial charge >= 0.3 is 5.97 Å². The van der Waals surface area contributed by atoms with E-state index in [9.17, 15) is 19.2 Å². The number of carbonyl (C=O) groups excluding carboxylic acids is 4. The monoisotopic (exact) mass is 478 g/mol. The van der Waals surface area contributed by atoms with Crippen molar-refractivity contribution in [2.24, 2.45) is 41.4 Å². The van der Waals surface area contributed by atoms with Crippen LogP contribution in [0.25, 0.3) is 0 Å². The van der Waals surface area contributed by atoms with Crippen molar-refractivity contribution in [3.63, 3.8) is 0 Å². The van der Waals surface area contributed by atoms with E-state index < -0.39 is 0 Å². The fourth-order valence-electron chi connectivity index (χ4n) is 6.21. The number of amides is 3. The zero-order valence-corrected chi connectivity index (χ0v) is 20.4. The Morgan fingerprint density at radius 1 is 0.971 bits per heavy atom. The van der Waals surface area contributed by atoms with Gasteiger partial charge in [0, 0.05) is 18.7 Å². The van der Waals surface area contributed by atoms with Gasteiger partial charge in [0.1, 0.15) is 0 Å². The number of imide groups is 1. The number of rotatable bonds is 10. The molecule has 6 rings (SSSR count). The molecule has 6 atom stereocenters. The first-order valence-electron chi connectivity index (χ1n) is 13.0. The van der Waals surface area contributed by atoms with Crippen molar-refractivity contribution in [3.8, 4) is 0 Å². The molecule has 35 heavy (non-hydrogen) atoms. The number of ether oxygens (including phenoxy) is 1. The van der Waals surface area contributed by atoms with Crippen LogP contribution in [0.4, 0.5) is 5.69 Å². The maximum absolute atomic E-state index is 13.0. The lowest BCUT2D eigenvalue weighted by Crippen LogP contribution is -2.40. The quantitative estimate of drug-likeness (QED) is 0.237. The number of anilines is 1. The molecule has 2 saturated carbocycles. The molecule has 0 radical (unpaired) electrons. The van der Waals surface area contributed by atoms with Crippen LogP contribution in [-0.4, -0.2) is 41.7 Å². The van der Waals surface area contributed by atoms with Gasteiger partial charge in [-0.1, -0.05) is 32.4 Å². The van der Waals surface area contributed by atoms with Crippen molar-refractivity contribution < 1.29 is 23.9 Å². The molecule has 6 unspecified atom stereocenters. The maximum Gasteiger partial charge on any atom is 0.338 e. The molecule has 2 bridgehead atoms. The molecular formula is C28H34N2O5. The molecule has 4 aliphatic carbocycles. The van der Waals surface area contributed by atoms with E-state index in [4.69, 9.17) is 4.74 Å². The number of unbranched alkanes of at least 4 members (excludes halogenated alkanes) is 2. The number of carbonyl (C=O) groups is 4. The molecule has 1 aromatic rings. The number of nitrogens with one attached hydrogen (secondary N) is 1. The Balaban J connectivity index is 1.02. The van der Waals surface area contributed by atoms with Gasteiger partial charge in [-0.3, -0.25) is 19.3 Å². The normalized spacial score (nSPS) is 29.9. The highest BCUT2D eigenvalue weighted by Gasteiger charge is 2.66. The average Bonchev–Trinajstić information content (AvgIpc) is 3.63. The van der Waals surface area contributed by atoms with Gasteiger partial charge in [0.2, 0.25) is 17.7 Å². The minimum atomic E-state index is -0.369. The van der Waals surface area contributed by atoms with E-state index >= 15 is 0 Å². The first-order chi connectivity index (χ1) is 16.8. The molecule has 1 aliphatic heterocycles. The minimum absolute atomic E-state index is 0.0268. The van der Waals surface area contributed by atoms with Crippen molar-refractivity contribution in [1.82, 2.24) is 4.90 Å². The van der Waals surface area contributed by atoms with E-state index in [2.05, 4.69) is 17.5 Å². The number of allylic oxidation sites excluding steroid dienone is 2. The molecule has 7 nitrogen and oxygen atoms in total. The van der Waals surface area contributed by atoms with Crippen molar-refractivity contribution in [2.75, 3.05) is 18.5 Å². The van der Waals surface area contributed by atoms with Crippen LogP contribution in [0.2, 0.25) is 0 Å². The van der Waals surface area contributed by atoms with Crippen LogP contribution in [0, 0.1) is 41.4 Å². The van der Waals surface area contributed by atoms with Crippen molar-refractivity contribution >= 4 is 29.4 Å². The second-order valence-electron chi connectivity index (χ2n) is 10.9. The number of benzene rings is 1. The van der Waals surface area contributed by atoms with E-state index in [1.807, 2.05) is 13.8 Å². The summed E-state index contributed by atoms with van der Waals surface area (Å²) in [5, 5.41) is 2.85. The van der Waals surface area contributed by atoms with Crippen LogP contribution < -0.4 is 5.32 Å². The Kier molecular flexibility index (Phi) is 6.51. The topological polar surface area (TPSA) is 92.8 Å². The summed E-state index contributed by atoms with van der Waals surface area (Å²) < 4.78 is 5.21. The highest BCUT2D eigenvalue weighted by Crippen LogP contribution is 2.65. The lowest BCUT2D eigenvalue weighted by atomic mass is 9.63. The van der Waals surface area contributed by atoms with Crippen molar-refractivity contribution in [2.45, 2.75) is 46.0 Å². The van der Waals surface area contributed by atoms with Crippen LogP contribution in [0.1, 0.15) is 56.3 Å². The molecule has 0 spiro atoms. The van der Waals surface area contributed by atoms with Gasteiger partial charge in [-0.25, -0.2) is 4.79 Å². The molecule has 186 valence electrons. The first-order valence-corrected chi connectivity index (χ1v) is 13.0. The average molecular weight is 479 g/mol. The van der Waals surface area contributed by atoms with Gasteiger partial charge in [0.15, 0.2) is 0 Å². The van der Waals surface area contributed by atoms with Crippen molar-refractivity contribution in [1.29, 1.82) is 0 Å². The molecule has 7 heteroatoms. The zero-order chi connectivity index (χ0) is 24.7. The number of nitrogens with zero attached hydrogens (tertiary/aromatic N) is 1. The summed E-state index contributed by atoms with van der Waals surface area (Å²) in [6.45, 7) is 4.78. The Hall–Kier alpha value is -2.96. The summed E-state index contributed by atoms with van der Waals surface area (Å²) in [5.74, 6) is 1.38. The number of hydrogen-bond acceptors (Lipinski definition) is 5. The fraction of sp³-hybridized carbons (Fsp3) is 0.571. The molecule has 1 saturated heterocycles. The lowest BCUT2D eigenvalue weighted by molar-refractivity contribution is -0.140. The Morgan fingerprint density at radius 2 is 1.60 bits per heavy atom. The zero-order valence-electron chi connectivity index (χ0n) is 20.4. The van der Waals surface area contributed by atoms with E-state index in [-0.39, 0.29) is 53.3 Å². The third kappa shape index (κ3) is 4.65. The van der Waals surface area contributed by atoms with Gasteiger partial charge in [0.25, 0.3) is 0 Å². The second kappa shape index (κ2) is 9.59. The van der Waals surface area contributed by atoms with Gasteiger partial charge in [-0.15, -0.1) is 0 Å². The first kappa shape index (κ1) is 23.8. The molecule has 1 aromatic carbocycles. The third-order valence-electron chi connectivity index (χ3n) is 7.99. The molecule has 0 aromatic heterocycles. The Morgan fingerprint density at radius 3 is 2.20 bits per heavy atom. The smallest absolute Gasteiger partial charge is 0.338 e. The maximum atomic E-state index is 13.0. The third-order valence-corrected chi connectivity index (χ3v) is 7.99. The standard InChI is InChI=1S/C28H34N2O5/c1-16(2)15-35-28(34)17-7-9-18(10-8-17)29-23(31)6-4-3-5-13-30-26(32)24-19-11-12-20(22-14-21(19)22)25(24)27(30)33/h7-12,16,19-22,24-25H,3-6,13-15H2,1-2H3,(H,29,31). The summed E-state index contributed by atoms with van der Waals surface area (Å²) in [4.78, 5) is 51.8. The summed E-state index contributed by atoms with van der Waals surface area (Å²) in [6, 6.07) is 6.68. The van der Waals surface area contributed by atoms with E-state index in [0.29, 0.717) is 55.5 Å². The molecule has 5 aliphatic rings. The van der Waals surface area contributed by atoms with Gasteiger partial charge < -0.3 is 10.1 Å². The van der Waals surface area contributed by atoms with Crippen LogP contribution in [0.5, 0.6) is 0 Å².